The van der Waals surface area contributed by atoms with Crippen LogP contribution in [0.15, 0.2) is 48.5 Å². The first-order valence-electron chi connectivity index (χ1n) is 12.6. The molecule has 3 N–H and O–H groups in total. The van der Waals surface area contributed by atoms with Gasteiger partial charge in [0, 0.05) is 32.7 Å². The van der Waals surface area contributed by atoms with E-state index in [1.165, 1.54) is 11.9 Å². The molecule has 0 spiro atoms. The lowest BCUT2D eigenvalue weighted by molar-refractivity contribution is -0.143. The number of benzene rings is 2. The monoisotopic (exact) mass is 561 g/mol. The number of nitrogens with zero attached hydrogens (tertiary/aromatic N) is 2. The Hall–Kier alpha value is -2.67. The largest absolute Gasteiger partial charge is 0.416 e. The van der Waals surface area contributed by atoms with Crippen molar-refractivity contribution in [3.63, 3.8) is 0 Å². The lowest BCUT2D eigenvalue weighted by Crippen LogP contribution is -2.51. The highest BCUT2D eigenvalue weighted by atomic mass is 19.4. The van der Waals surface area contributed by atoms with E-state index in [1.807, 2.05) is 4.90 Å². The van der Waals surface area contributed by atoms with Crippen LogP contribution in [0.25, 0.3) is 0 Å². The van der Waals surface area contributed by atoms with Gasteiger partial charge in [0.25, 0.3) is 0 Å². The van der Waals surface area contributed by atoms with E-state index in [9.17, 15) is 41.4 Å². The zero-order valence-electron chi connectivity index (χ0n) is 21.5. The molecule has 0 radical (unpaired) electrons. The van der Waals surface area contributed by atoms with Crippen molar-refractivity contribution < 1.29 is 41.4 Å². The molecule has 1 unspecified atom stereocenters. The third-order valence-corrected chi connectivity index (χ3v) is 6.92. The fraction of sp³-hybridized carbons (Fsp3) is 0.519. The second-order valence-corrected chi connectivity index (χ2v) is 9.78. The zero-order chi connectivity index (χ0) is 28.8. The quantitative estimate of drug-likeness (QED) is 0.384. The van der Waals surface area contributed by atoms with Crippen LogP contribution in [0.1, 0.15) is 41.1 Å². The molecule has 1 saturated heterocycles. The van der Waals surface area contributed by atoms with E-state index in [1.54, 1.807) is 30.3 Å². The van der Waals surface area contributed by atoms with Crippen LogP contribution in [0.2, 0.25) is 0 Å². The molecule has 1 atom stereocenters. The van der Waals surface area contributed by atoms with Gasteiger partial charge in [0.1, 0.15) is 6.04 Å². The number of nitrogens with one attached hydrogen (secondary N) is 1. The van der Waals surface area contributed by atoms with Gasteiger partial charge in [-0.3, -0.25) is 9.69 Å². The Morgan fingerprint density at radius 3 is 2.00 bits per heavy atom. The summed E-state index contributed by atoms with van der Waals surface area (Å²) in [6, 6.07) is 9.37. The summed E-state index contributed by atoms with van der Waals surface area (Å²) in [5, 5.41) is 21.8. The third kappa shape index (κ3) is 8.41. The molecule has 1 fully saturated rings. The number of halogens is 6. The predicted octanol–water partition coefficient (Wildman–Crippen LogP) is 3.87. The zero-order valence-corrected chi connectivity index (χ0v) is 21.5. The Balaban J connectivity index is 1.75. The number of hydrogen-bond acceptors (Lipinski definition) is 5. The number of piperidine rings is 1. The van der Waals surface area contributed by atoms with Crippen molar-refractivity contribution in [1.29, 1.82) is 0 Å². The first-order chi connectivity index (χ1) is 18.3. The van der Waals surface area contributed by atoms with Gasteiger partial charge in [0.05, 0.1) is 30.4 Å². The normalized spacial score (nSPS) is 16.5. The molecule has 2 aromatic rings. The highest BCUT2D eigenvalue weighted by Crippen LogP contribution is 2.36. The van der Waals surface area contributed by atoms with Gasteiger partial charge >= 0.3 is 12.4 Å². The first-order valence-corrected chi connectivity index (χ1v) is 12.6. The van der Waals surface area contributed by atoms with Crippen molar-refractivity contribution in [3.05, 3.63) is 70.8 Å². The smallest absolute Gasteiger partial charge is 0.395 e. The van der Waals surface area contributed by atoms with Gasteiger partial charge in [-0.25, -0.2) is 0 Å². The van der Waals surface area contributed by atoms with Crippen LogP contribution in [0.4, 0.5) is 26.3 Å². The minimum absolute atomic E-state index is 0.0403. The number of amides is 1. The van der Waals surface area contributed by atoms with Gasteiger partial charge in [-0.15, -0.1) is 0 Å². The summed E-state index contributed by atoms with van der Waals surface area (Å²) in [6.07, 6.45) is -8.76. The van der Waals surface area contributed by atoms with Gasteiger partial charge < -0.3 is 20.4 Å². The van der Waals surface area contributed by atoms with Crippen LogP contribution in [0.3, 0.4) is 0 Å². The lowest BCUT2D eigenvalue weighted by atomic mass is 9.97. The van der Waals surface area contributed by atoms with Gasteiger partial charge in [-0.2, -0.15) is 26.3 Å². The maximum absolute atomic E-state index is 13.6. The average molecular weight is 562 g/mol. The summed E-state index contributed by atoms with van der Waals surface area (Å²) >= 11 is 0. The molecule has 0 aromatic heterocycles. The van der Waals surface area contributed by atoms with Gasteiger partial charge in [-0.05, 0) is 48.6 Å². The molecule has 0 aliphatic carbocycles. The maximum atomic E-state index is 13.6. The second kappa shape index (κ2) is 13.1. The number of aliphatic hydroxyl groups excluding tert-OH is 2. The number of carbonyl (C=O) groups excluding carboxylic acids is 1. The molecule has 3 rings (SSSR count). The molecule has 1 heterocycles. The van der Waals surface area contributed by atoms with Crippen molar-refractivity contribution in [2.45, 2.75) is 49.7 Å². The van der Waals surface area contributed by atoms with Crippen LogP contribution in [0.5, 0.6) is 0 Å². The Bertz CT molecular complexity index is 1040. The molecule has 6 nitrogen and oxygen atoms in total. The van der Waals surface area contributed by atoms with Crippen molar-refractivity contribution in [1.82, 2.24) is 15.1 Å². The summed E-state index contributed by atoms with van der Waals surface area (Å²) in [6.45, 7) is 0.575. The van der Waals surface area contributed by atoms with Crippen LogP contribution >= 0.6 is 0 Å². The highest BCUT2D eigenvalue weighted by molar-refractivity contribution is 5.83. The number of carbonyl (C=O) groups is 1. The number of rotatable bonds is 10. The number of aliphatic hydroxyl groups is 2. The predicted molar refractivity (Wildman–Crippen MR) is 133 cm³/mol. The Morgan fingerprint density at radius 2 is 1.51 bits per heavy atom. The minimum Gasteiger partial charge on any atom is -0.395 e. The number of alkyl halides is 6. The molecule has 216 valence electrons. The van der Waals surface area contributed by atoms with E-state index in [2.05, 4.69) is 5.32 Å². The molecule has 1 amide bonds. The van der Waals surface area contributed by atoms with Crippen molar-refractivity contribution in [3.8, 4) is 0 Å². The van der Waals surface area contributed by atoms with Gasteiger partial charge in [-0.1, -0.05) is 30.3 Å². The van der Waals surface area contributed by atoms with Gasteiger partial charge in [0.2, 0.25) is 5.91 Å². The van der Waals surface area contributed by atoms with Crippen molar-refractivity contribution >= 4 is 5.91 Å². The van der Waals surface area contributed by atoms with E-state index in [4.69, 9.17) is 0 Å². The van der Waals surface area contributed by atoms with Crippen LogP contribution in [-0.4, -0.2) is 77.9 Å². The van der Waals surface area contributed by atoms with E-state index >= 15 is 0 Å². The summed E-state index contributed by atoms with van der Waals surface area (Å²) < 4.78 is 79.4. The average Bonchev–Trinajstić information content (AvgIpc) is 2.90. The summed E-state index contributed by atoms with van der Waals surface area (Å²) in [7, 11) is 1.48. The number of likely N-dealkylation sites (N-methyl/N-ethyl adjacent to an activating group) is 1. The van der Waals surface area contributed by atoms with Crippen LogP contribution < -0.4 is 5.32 Å². The van der Waals surface area contributed by atoms with Crippen molar-refractivity contribution in [2.24, 2.45) is 0 Å². The van der Waals surface area contributed by atoms with Crippen LogP contribution in [0, 0.1) is 0 Å². The minimum atomic E-state index is -4.94. The molecular formula is C27H33F6N3O3. The molecule has 1 aliphatic heterocycles. The summed E-state index contributed by atoms with van der Waals surface area (Å²) in [5.41, 5.74) is -2.21. The SMILES string of the molecule is CN(CCc1cc(C(F)(F)F)cc(C(F)(F)F)c1)C(=O)C(c1ccccc1)N1CCC(NC(CO)CO)CC1. The molecule has 2 aromatic carbocycles. The molecule has 0 bridgehead atoms. The van der Waals surface area contributed by atoms with E-state index in [0.29, 0.717) is 38.1 Å². The third-order valence-electron chi connectivity index (χ3n) is 6.92. The Labute approximate surface area is 223 Å². The Kier molecular flexibility index (Phi) is 10.4. The van der Waals surface area contributed by atoms with E-state index in [0.717, 1.165) is 5.56 Å². The molecule has 0 saturated carbocycles. The summed E-state index contributed by atoms with van der Waals surface area (Å²) in [5.74, 6) is -0.320. The Morgan fingerprint density at radius 1 is 0.974 bits per heavy atom. The number of likely N-dealkylation sites (tertiary alicyclic amines) is 1. The standard InChI is InChI=1S/C27H33F6N3O3/c1-35(10-7-18-13-20(26(28,29)30)15-21(14-18)27(31,32)33)25(39)24(19-5-3-2-4-6-19)36-11-8-22(9-12-36)34-23(16-37)17-38/h2-6,13-15,22-24,34,37-38H,7-12,16-17H2,1H3. The topological polar surface area (TPSA) is 76.0 Å². The van der Waals surface area contributed by atoms with Crippen molar-refractivity contribution in [2.75, 3.05) is 39.9 Å². The fourth-order valence-corrected chi connectivity index (χ4v) is 4.75. The second-order valence-electron chi connectivity index (χ2n) is 9.78. The summed E-state index contributed by atoms with van der Waals surface area (Å²) in [4.78, 5) is 16.9. The lowest BCUT2D eigenvalue weighted by Gasteiger charge is -2.39. The maximum Gasteiger partial charge on any atom is 0.416 e. The van der Waals surface area contributed by atoms with Gasteiger partial charge in [0.15, 0.2) is 0 Å². The van der Waals surface area contributed by atoms with E-state index in [-0.39, 0.29) is 49.8 Å². The molecule has 12 heteroatoms. The fourth-order valence-electron chi connectivity index (χ4n) is 4.75. The first kappa shape index (κ1) is 30.9. The molecule has 1 aliphatic rings. The molecular weight excluding hydrogens is 528 g/mol. The van der Waals surface area contributed by atoms with E-state index < -0.39 is 35.6 Å². The molecule has 39 heavy (non-hydrogen) atoms. The number of hydrogen-bond donors (Lipinski definition) is 3. The van der Waals surface area contributed by atoms with Crippen LogP contribution in [-0.2, 0) is 23.6 Å². The highest BCUT2D eigenvalue weighted by Gasteiger charge is 2.37.